The SMILES string of the molecule is CCC(N)(CC)C(=O)N(C)Cc1cccc(OC)c1OC. The Morgan fingerprint density at radius 2 is 1.86 bits per heavy atom. The van der Waals surface area contributed by atoms with Crippen LogP contribution in [0.3, 0.4) is 0 Å². The molecule has 0 spiro atoms. The number of amides is 1. The van der Waals surface area contributed by atoms with Crippen LogP contribution in [-0.4, -0.2) is 37.6 Å². The summed E-state index contributed by atoms with van der Waals surface area (Å²) in [6, 6.07) is 5.63. The maximum Gasteiger partial charge on any atom is 0.242 e. The van der Waals surface area contributed by atoms with Crippen LogP contribution in [0.4, 0.5) is 0 Å². The van der Waals surface area contributed by atoms with Crippen LogP contribution >= 0.6 is 0 Å². The molecule has 0 saturated carbocycles. The Morgan fingerprint density at radius 1 is 1.24 bits per heavy atom. The number of ether oxygens (including phenoxy) is 2. The summed E-state index contributed by atoms with van der Waals surface area (Å²) in [7, 11) is 4.94. The van der Waals surface area contributed by atoms with Gasteiger partial charge in [-0.15, -0.1) is 0 Å². The highest BCUT2D eigenvalue weighted by Gasteiger charge is 2.32. The van der Waals surface area contributed by atoms with Gasteiger partial charge in [-0.25, -0.2) is 0 Å². The second kappa shape index (κ2) is 7.31. The van der Waals surface area contributed by atoms with E-state index in [0.29, 0.717) is 30.9 Å². The minimum absolute atomic E-state index is 0.0580. The number of nitrogens with two attached hydrogens (primary N) is 1. The fourth-order valence-corrected chi connectivity index (χ4v) is 2.34. The lowest BCUT2D eigenvalue weighted by Gasteiger charge is -2.31. The molecule has 0 heterocycles. The van der Waals surface area contributed by atoms with Crippen molar-refractivity contribution in [1.82, 2.24) is 4.90 Å². The Hall–Kier alpha value is -1.75. The first-order valence-corrected chi connectivity index (χ1v) is 7.17. The van der Waals surface area contributed by atoms with Gasteiger partial charge >= 0.3 is 0 Å². The molecular formula is C16H26N2O3. The summed E-state index contributed by atoms with van der Waals surface area (Å²) in [5, 5.41) is 0. The van der Waals surface area contributed by atoms with Gasteiger partial charge in [0, 0.05) is 19.2 Å². The van der Waals surface area contributed by atoms with Gasteiger partial charge in [-0.05, 0) is 18.9 Å². The number of para-hydroxylation sites is 1. The lowest BCUT2D eigenvalue weighted by Crippen LogP contribution is -2.53. The first kappa shape index (κ1) is 17.3. The smallest absolute Gasteiger partial charge is 0.242 e. The third-order valence-electron chi connectivity index (χ3n) is 3.93. The fraction of sp³-hybridized carbons (Fsp3) is 0.562. The van der Waals surface area contributed by atoms with Crippen molar-refractivity contribution in [1.29, 1.82) is 0 Å². The van der Waals surface area contributed by atoms with Gasteiger partial charge in [-0.2, -0.15) is 0 Å². The zero-order chi connectivity index (χ0) is 16.0. The van der Waals surface area contributed by atoms with Crippen LogP contribution in [0.15, 0.2) is 18.2 Å². The Bertz CT molecular complexity index is 484. The molecule has 0 aliphatic heterocycles. The third-order valence-corrected chi connectivity index (χ3v) is 3.93. The van der Waals surface area contributed by atoms with Gasteiger partial charge in [0.25, 0.3) is 0 Å². The minimum atomic E-state index is -0.805. The van der Waals surface area contributed by atoms with Gasteiger partial charge in [0.1, 0.15) is 0 Å². The first-order valence-electron chi connectivity index (χ1n) is 7.17. The van der Waals surface area contributed by atoms with E-state index in [9.17, 15) is 4.79 Å². The van der Waals surface area contributed by atoms with Crippen LogP contribution in [0.2, 0.25) is 0 Å². The van der Waals surface area contributed by atoms with E-state index < -0.39 is 5.54 Å². The van der Waals surface area contributed by atoms with E-state index in [1.807, 2.05) is 32.0 Å². The number of methoxy groups -OCH3 is 2. The molecule has 1 aromatic carbocycles. The summed E-state index contributed by atoms with van der Waals surface area (Å²) < 4.78 is 10.7. The molecular weight excluding hydrogens is 268 g/mol. The largest absolute Gasteiger partial charge is 0.493 e. The molecule has 0 fully saturated rings. The fourth-order valence-electron chi connectivity index (χ4n) is 2.34. The van der Waals surface area contributed by atoms with Crippen molar-refractivity contribution >= 4 is 5.91 Å². The molecule has 0 unspecified atom stereocenters. The number of carbonyl (C=O) groups is 1. The average molecular weight is 294 g/mol. The lowest BCUT2D eigenvalue weighted by molar-refractivity contribution is -0.136. The van der Waals surface area contributed by atoms with Crippen molar-refractivity contribution in [2.45, 2.75) is 38.8 Å². The van der Waals surface area contributed by atoms with E-state index in [-0.39, 0.29) is 5.91 Å². The van der Waals surface area contributed by atoms with Crippen molar-refractivity contribution < 1.29 is 14.3 Å². The molecule has 0 atom stereocenters. The number of nitrogens with zero attached hydrogens (tertiary/aromatic N) is 1. The molecule has 0 bridgehead atoms. The highest BCUT2D eigenvalue weighted by molar-refractivity contribution is 5.85. The van der Waals surface area contributed by atoms with E-state index >= 15 is 0 Å². The molecule has 1 amide bonds. The monoisotopic (exact) mass is 294 g/mol. The topological polar surface area (TPSA) is 64.8 Å². The number of hydrogen-bond acceptors (Lipinski definition) is 4. The lowest BCUT2D eigenvalue weighted by atomic mass is 9.92. The van der Waals surface area contributed by atoms with Crippen LogP contribution in [-0.2, 0) is 11.3 Å². The minimum Gasteiger partial charge on any atom is -0.493 e. The molecule has 0 aliphatic rings. The summed E-state index contributed by atoms with van der Waals surface area (Å²) in [6.07, 6.45) is 1.23. The molecule has 1 rings (SSSR count). The van der Waals surface area contributed by atoms with Gasteiger partial charge in [-0.3, -0.25) is 4.79 Å². The third kappa shape index (κ3) is 3.67. The standard InChI is InChI=1S/C16H26N2O3/c1-6-16(17,7-2)15(19)18(3)11-12-9-8-10-13(20-4)14(12)21-5/h8-10H,6-7,11,17H2,1-5H3. The first-order chi connectivity index (χ1) is 9.93. The average Bonchev–Trinajstić information content (AvgIpc) is 2.52. The molecule has 21 heavy (non-hydrogen) atoms. The van der Waals surface area contributed by atoms with Gasteiger partial charge < -0.3 is 20.1 Å². The molecule has 118 valence electrons. The number of hydrogen-bond donors (Lipinski definition) is 1. The molecule has 0 radical (unpaired) electrons. The summed E-state index contributed by atoms with van der Waals surface area (Å²) in [4.78, 5) is 14.2. The van der Waals surface area contributed by atoms with E-state index in [4.69, 9.17) is 15.2 Å². The number of rotatable bonds is 7. The second-order valence-corrected chi connectivity index (χ2v) is 5.18. The van der Waals surface area contributed by atoms with Gasteiger partial charge in [0.05, 0.1) is 19.8 Å². The molecule has 0 saturated heterocycles. The number of benzene rings is 1. The highest BCUT2D eigenvalue weighted by Crippen LogP contribution is 2.31. The molecule has 0 aromatic heterocycles. The van der Waals surface area contributed by atoms with Crippen LogP contribution in [0, 0.1) is 0 Å². The zero-order valence-corrected chi connectivity index (χ0v) is 13.6. The van der Waals surface area contributed by atoms with Crippen molar-refractivity contribution in [2.24, 2.45) is 5.73 Å². The Kier molecular flexibility index (Phi) is 6.03. The van der Waals surface area contributed by atoms with Crippen LogP contribution < -0.4 is 15.2 Å². The molecule has 2 N–H and O–H groups in total. The molecule has 0 aliphatic carbocycles. The van der Waals surface area contributed by atoms with Gasteiger partial charge in [-0.1, -0.05) is 26.0 Å². The Labute approximate surface area is 127 Å². The van der Waals surface area contributed by atoms with Crippen LogP contribution in [0.25, 0.3) is 0 Å². The molecule has 5 heteroatoms. The highest BCUT2D eigenvalue weighted by atomic mass is 16.5. The van der Waals surface area contributed by atoms with E-state index in [0.717, 1.165) is 5.56 Å². The van der Waals surface area contributed by atoms with Crippen molar-refractivity contribution in [2.75, 3.05) is 21.3 Å². The van der Waals surface area contributed by atoms with Gasteiger partial charge in [0.2, 0.25) is 5.91 Å². The van der Waals surface area contributed by atoms with E-state index in [1.165, 1.54) is 0 Å². The predicted octanol–water partition coefficient (Wildman–Crippen LogP) is 2.18. The Balaban J connectivity index is 2.98. The summed E-state index contributed by atoms with van der Waals surface area (Å²) in [5.74, 6) is 1.24. The second-order valence-electron chi connectivity index (χ2n) is 5.18. The maximum absolute atomic E-state index is 12.5. The normalized spacial score (nSPS) is 11.1. The summed E-state index contributed by atoms with van der Waals surface area (Å²) >= 11 is 0. The maximum atomic E-state index is 12.5. The zero-order valence-electron chi connectivity index (χ0n) is 13.6. The van der Waals surface area contributed by atoms with Crippen molar-refractivity contribution in [3.8, 4) is 11.5 Å². The van der Waals surface area contributed by atoms with Crippen molar-refractivity contribution in [3.05, 3.63) is 23.8 Å². The van der Waals surface area contributed by atoms with E-state index in [1.54, 1.807) is 26.2 Å². The van der Waals surface area contributed by atoms with Gasteiger partial charge in [0.15, 0.2) is 11.5 Å². The Morgan fingerprint density at radius 3 is 2.33 bits per heavy atom. The quantitative estimate of drug-likeness (QED) is 0.837. The summed E-state index contributed by atoms with van der Waals surface area (Å²) in [6.45, 7) is 4.29. The number of likely N-dealkylation sites (N-methyl/N-ethyl adjacent to an activating group) is 1. The molecule has 1 aromatic rings. The van der Waals surface area contributed by atoms with Crippen molar-refractivity contribution in [3.63, 3.8) is 0 Å². The predicted molar refractivity (Wildman–Crippen MR) is 83.5 cm³/mol. The van der Waals surface area contributed by atoms with Crippen LogP contribution in [0.1, 0.15) is 32.3 Å². The number of carbonyl (C=O) groups excluding carboxylic acids is 1. The summed E-state index contributed by atoms with van der Waals surface area (Å²) in [5.41, 5.74) is 6.26. The molecule has 5 nitrogen and oxygen atoms in total. The van der Waals surface area contributed by atoms with Crippen LogP contribution in [0.5, 0.6) is 11.5 Å². The van der Waals surface area contributed by atoms with E-state index in [2.05, 4.69) is 0 Å².